The van der Waals surface area contributed by atoms with Gasteiger partial charge in [-0.1, -0.05) is 0 Å². The molecule has 2 heterocycles. The molecule has 3 heteroatoms. The Hall–Kier alpha value is -1.09. The van der Waals surface area contributed by atoms with Crippen LogP contribution in [0.25, 0.3) is 0 Å². The van der Waals surface area contributed by atoms with E-state index in [1.807, 2.05) is 0 Å². The fourth-order valence-corrected chi connectivity index (χ4v) is 2.11. The van der Waals surface area contributed by atoms with Gasteiger partial charge in [-0.05, 0) is 37.4 Å². The molecule has 0 aromatic carbocycles. The molecule has 1 aliphatic heterocycles. The molecule has 0 unspecified atom stereocenters. The maximum absolute atomic E-state index is 6.00. The lowest BCUT2D eigenvalue weighted by atomic mass is 10.0. The van der Waals surface area contributed by atoms with Gasteiger partial charge in [0.05, 0.1) is 17.1 Å². The Morgan fingerprint density at radius 2 is 2.29 bits per heavy atom. The van der Waals surface area contributed by atoms with Gasteiger partial charge in [0.1, 0.15) is 0 Å². The molecule has 3 N–H and O–H groups in total. The largest absolute Gasteiger partial charge is 0.397 e. The first-order chi connectivity index (χ1) is 6.84. The molecule has 3 nitrogen and oxygen atoms in total. The summed E-state index contributed by atoms with van der Waals surface area (Å²) in [5.74, 6) is 0.655. The van der Waals surface area contributed by atoms with Gasteiger partial charge in [-0.2, -0.15) is 0 Å². The Bertz CT molecular complexity index is 369. The van der Waals surface area contributed by atoms with Crippen LogP contribution >= 0.6 is 0 Å². The van der Waals surface area contributed by atoms with E-state index in [9.17, 15) is 0 Å². The zero-order chi connectivity index (χ0) is 9.54. The van der Waals surface area contributed by atoms with E-state index in [1.165, 1.54) is 24.1 Å². The van der Waals surface area contributed by atoms with Gasteiger partial charge in [-0.3, -0.25) is 4.98 Å². The Morgan fingerprint density at radius 3 is 3.07 bits per heavy atom. The maximum atomic E-state index is 6.00. The van der Waals surface area contributed by atoms with Crippen LogP contribution in [-0.4, -0.2) is 11.5 Å². The lowest BCUT2D eigenvalue weighted by Crippen LogP contribution is -2.25. The summed E-state index contributed by atoms with van der Waals surface area (Å²) in [6, 6.07) is 2.14. The summed E-state index contributed by atoms with van der Waals surface area (Å²) in [7, 11) is 0. The molecule has 3 rings (SSSR count). The van der Waals surface area contributed by atoms with Crippen molar-refractivity contribution in [2.45, 2.75) is 31.7 Å². The number of hydrogen-bond acceptors (Lipinski definition) is 3. The molecule has 1 fully saturated rings. The van der Waals surface area contributed by atoms with E-state index in [2.05, 4.69) is 16.4 Å². The van der Waals surface area contributed by atoms with E-state index in [4.69, 9.17) is 5.73 Å². The zero-order valence-electron chi connectivity index (χ0n) is 8.21. The first-order valence-electron chi connectivity index (χ1n) is 5.33. The number of nitrogens with zero attached hydrogens (tertiary/aromatic N) is 1. The van der Waals surface area contributed by atoms with Crippen LogP contribution in [0.15, 0.2) is 6.07 Å². The van der Waals surface area contributed by atoms with E-state index in [0.29, 0.717) is 5.92 Å². The molecule has 0 atom stereocenters. The molecule has 74 valence electrons. The van der Waals surface area contributed by atoms with Crippen molar-refractivity contribution in [2.24, 2.45) is 0 Å². The van der Waals surface area contributed by atoms with E-state index in [1.54, 1.807) is 0 Å². The van der Waals surface area contributed by atoms with Gasteiger partial charge in [0, 0.05) is 12.5 Å². The average Bonchev–Trinajstić information content (AvgIpc) is 3.00. The van der Waals surface area contributed by atoms with Crippen molar-refractivity contribution in [1.29, 1.82) is 0 Å². The molecule has 1 aliphatic carbocycles. The fourth-order valence-electron chi connectivity index (χ4n) is 2.11. The third kappa shape index (κ3) is 1.28. The van der Waals surface area contributed by atoms with Crippen LogP contribution in [-0.2, 0) is 13.0 Å². The number of nitrogen functional groups attached to an aromatic ring is 1. The summed E-state index contributed by atoms with van der Waals surface area (Å²) in [4.78, 5) is 4.69. The van der Waals surface area contributed by atoms with Gasteiger partial charge in [0.15, 0.2) is 0 Å². The highest BCUT2D eigenvalue weighted by molar-refractivity contribution is 5.50. The van der Waals surface area contributed by atoms with Crippen molar-refractivity contribution in [3.63, 3.8) is 0 Å². The zero-order valence-corrected chi connectivity index (χ0v) is 8.21. The molecule has 0 amide bonds. The number of aromatic nitrogens is 1. The lowest BCUT2D eigenvalue weighted by Gasteiger charge is -2.18. The number of fused-ring (bicyclic) bond motifs is 1. The second kappa shape index (κ2) is 2.95. The normalized spacial score (nSPS) is 20.6. The molecular weight excluding hydrogens is 174 g/mol. The number of rotatable bonds is 1. The van der Waals surface area contributed by atoms with Crippen molar-refractivity contribution in [1.82, 2.24) is 10.3 Å². The molecule has 2 aliphatic rings. The molecular formula is C11H15N3. The van der Waals surface area contributed by atoms with Gasteiger partial charge in [0.2, 0.25) is 0 Å². The fraction of sp³-hybridized carbons (Fsp3) is 0.545. The van der Waals surface area contributed by atoms with Crippen molar-refractivity contribution < 1.29 is 0 Å². The third-order valence-electron chi connectivity index (χ3n) is 3.08. The first kappa shape index (κ1) is 8.24. The van der Waals surface area contributed by atoms with Crippen LogP contribution in [0.3, 0.4) is 0 Å². The van der Waals surface area contributed by atoms with Crippen LogP contribution < -0.4 is 11.1 Å². The quantitative estimate of drug-likeness (QED) is 0.697. The van der Waals surface area contributed by atoms with Gasteiger partial charge < -0.3 is 11.1 Å². The van der Waals surface area contributed by atoms with Crippen molar-refractivity contribution in [2.75, 3.05) is 12.3 Å². The van der Waals surface area contributed by atoms with Crippen LogP contribution in [0.1, 0.15) is 35.7 Å². The summed E-state index contributed by atoms with van der Waals surface area (Å²) in [5.41, 5.74) is 10.6. The molecule has 0 saturated heterocycles. The molecule has 0 radical (unpaired) electrons. The summed E-state index contributed by atoms with van der Waals surface area (Å²) in [5, 5.41) is 3.34. The summed E-state index contributed by atoms with van der Waals surface area (Å²) < 4.78 is 0. The Labute approximate surface area is 83.7 Å². The summed E-state index contributed by atoms with van der Waals surface area (Å²) in [6.45, 7) is 1.96. The molecule has 14 heavy (non-hydrogen) atoms. The van der Waals surface area contributed by atoms with Gasteiger partial charge >= 0.3 is 0 Å². The monoisotopic (exact) mass is 189 g/mol. The summed E-state index contributed by atoms with van der Waals surface area (Å²) in [6.07, 6.45) is 3.60. The highest BCUT2D eigenvalue weighted by Gasteiger charge is 2.28. The smallest absolute Gasteiger partial charge is 0.0667 e. The second-order valence-corrected chi connectivity index (χ2v) is 4.27. The molecule has 1 aromatic heterocycles. The van der Waals surface area contributed by atoms with Crippen LogP contribution in [0.5, 0.6) is 0 Å². The first-order valence-corrected chi connectivity index (χ1v) is 5.33. The second-order valence-electron chi connectivity index (χ2n) is 4.27. The number of hydrogen-bond donors (Lipinski definition) is 2. The lowest BCUT2D eigenvalue weighted by molar-refractivity contribution is 0.624. The van der Waals surface area contributed by atoms with Gasteiger partial charge in [0.25, 0.3) is 0 Å². The maximum Gasteiger partial charge on any atom is 0.0667 e. The number of anilines is 1. The van der Waals surface area contributed by atoms with Crippen LogP contribution in [0.4, 0.5) is 5.69 Å². The average molecular weight is 189 g/mol. The SMILES string of the molecule is Nc1cc2c(nc1C1CC1)CNCC2. The highest BCUT2D eigenvalue weighted by atomic mass is 14.9. The molecule has 1 saturated carbocycles. The highest BCUT2D eigenvalue weighted by Crippen LogP contribution is 2.42. The minimum Gasteiger partial charge on any atom is -0.397 e. The number of pyridine rings is 1. The molecule has 0 spiro atoms. The van der Waals surface area contributed by atoms with Crippen LogP contribution in [0, 0.1) is 0 Å². The third-order valence-corrected chi connectivity index (χ3v) is 3.08. The Morgan fingerprint density at radius 1 is 1.43 bits per heavy atom. The molecule has 0 bridgehead atoms. The molecule has 1 aromatic rings. The predicted molar refractivity (Wildman–Crippen MR) is 56.0 cm³/mol. The van der Waals surface area contributed by atoms with Crippen molar-refractivity contribution >= 4 is 5.69 Å². The number of nitrogens with one attached hydrogen (secondary N) is 1. The minimum atomic E-state index is 0.655. The van der Waals surface area contributed by atoms with E-state index in [-0.39, 0.29) is 0 Å². The van der Waals surface area contributed by atoms with E-state index >= 15 is 0 Å². The van der Waals surface area contributed by atoms with Gasteiger partial charge in [-0.25, -0.2) is 0 Å². The van der Waals surface area contributed by atoms with E-state index in [0.717, 1.165) is 30.9 Å². The Kier molecular flexibility index (Phi) is 1.74. The predicted octanol–water partition coefficient (Wildman–Crippen LogP) is 1.19. The van der Waals surface area contributed by atoms with Crippen molar-refractivity contribution in [3.05, 3.63) is 23.0 Å². The van der Waals surface area contributed by atoms with E-state index < -0.39 is 0 Å². The van der Waals surface area contributed by atoms with Gasteiger partial charge in [-0.15, -0.1) is 0 Å². The standard InChI is InChI=1S/C11H15N3/c12-9-5-8-3-4-13-6-10(8)14-11(9)7-1-2-7/h5,7,13H,1-4,6,12H2. The van der Waals surface area contributed by atoms with Crippen molar-refractivity contribution in [3.8, 4) is 0 Å². The number of nitrogens with two attached hydrogens (primary N) is 1. The topological polar surface area (TPSA) is 50.9 Å². The minimum absolute atomic E-state index is 0.655. The summed E-state index contributed by atoms with van der Waals surface area (Å²) >= 11 is 0. The Balaban J connectivity index is 2.05. The van der Waals surface area contributed by atoms with Crippen LogP contribution in [0.2, 0.25) is 0 Å².